The predicted molar refractivity (Wildman–Crippen MR) is 80.6 cm³/mol. The zero-order chi connectivity index (χ0) is 15.8. The highest BCUT2D eigenvalue weighted by Crippen LogP contribution is 2.15. The minimum absolute atomic E-state index is 0.0244. The highest BCUT2D eigenvalue weighted by molar-refractivity contribution is 9.10. The lowest BCUT2D eigenvalue weighted by atomic mass is 10.2. The van der Waals surface area contributed by atoms with Crippen molar-refractivity contribution in [1.82, 2.24) is 5.43 Å². The van der Waals surface area contributed by atoms with Gasteiger partial charge in [-0.25, -0.2) is 10.2 Å². The van der Waals surface area contributed by atoms with Crippen molar-refractivity contribution >= 4 is 39.2 Å². The topological polar surface area (TPSA) is 100 Å². The van der Waals surface area contributed by atoms with Crippen molar-refractivity contribution < 1.29 is 19.5 Å². The van der Waals surface area contributed by atoms with Gasteiger partial charge in [-0.2, -0.15) is 5.10 Å². The smallest absolute Gasteiger partial charge is 0.362 e. The first-order chi connectivity index (χ1) is 10.0. The van der Waals surface area contributed by atoms with E-state index in [0.29, 0.717) is 10.0 Å². The molecule has 0 aliphatic carbocycles. The van der Waals surface area contributed by atoms with Crippen molar-refractivity contribution in [2.75, 3.05) is 6.61 Å². The van der Waals surface area contributed by atoms with E-state index < -0.39 is 11.9 Å². The molecule has 0 heterocycles. The molecule has 1 rings (SSSR count). The number of hydrogen-bond donors (Lipinski definition) is 2. The molecule has 1 aromatic carbocycles. The number of hydrogen-bond acceptors (Lipinski definition) is 6. The van der Waals surface area contributed by atoms with Crippen LogP contribution in [0.15, 0.2) is 39.0 Å². The summed E-state index contributed by atoms with van der Waals surface area (Å²) in [4.78, 5) is 23.4. The summed E-state index contributed by atoms with van der Waals surface area (Å²) in [6, 6.07) is 6.80. The van der Waals surface area contributed by atoms with Crippen molar-refractivity contribution in [1.29, 1.82) is 0 Å². The van der Waals surface area contributed by atoms with Gasteiger partial charge >= 0.3 is 5.97 Å². The molecule has 0 fully saturated rings. The fourth-order valence-corrected chi connectivity index (χ4v) is 1.82. The highest BCUT2D eigenvalue weighted by Gasteiger charge is 2.17. The second-order valence-corrected chi connectivity index (χ2v) is 4.64. The molecule has 0 atom stereocenters. The summed E-state index contributed by atoms with van der Waals surface area (Å²) in [5, 5.41) is 15.4. The van der Waals surface area contributed by atoms with Gasteiger partial charge in [0.1, 0.15) is 0 Å². The molecule has 8 heteroatoms. The second-order valence-electron chi connectivity index (χ2n) is 3.79. The Hall–Kier alpha value is -2.22. The lowest BCUT2D eigenvalue weighted by Crippen LogP contribution is -2.28. The average molecular weight is 356 g/mol. The summed E-state index contributed by atoms with van der Waals surface area (Å²) < 4.78 is 5.30. The SMILES string of the molecule is CCOC(=O)C(=NO)C(C)=NNC(=O)c1ccccc1Br. The highest BCUT2D eigenvalue weighted by atomic mass is 79.9. The average Bonchev–Trinajstić information content (AvgIpc) is 2.46. The number of ether oxygens (including phenoxy) is 1. The van der Waals surface area contributed by atoms with E-state index in [-0.39, 0.29) is 18.0 Å². The third kappa shape index (κ3) is 4.67. The molecule has 0 spiro atoms. The molecular formula is C13H14BrN3O4. The van der Waals surface area contributed by atoms with E-state index in [4.69, 9.17) is 9.94 Å². The summed E-state index contributed by atoms with van der Waals surface area (Å²) in [5.41, 5.74) is 2.31. The number of oxime groups is 1. The van der Waals surface area contributed by atoms with Gasteiger partial charge in [0, 0.05) is 4.47 Å². The Balaban J connectivity index is 2.82. The van der Waals surface area contributed by atoms with Crippen LogP contribution in [0.25, 0.3) is 0 Å². The van der Waals surface area contributed by atoms with E-state index in [1.807, 2.05) is 0 Å². The Morgan fingerprint density at radius 2 is 2.05 bits per heavy atom. The number of nitrogens with one attached hydrogen (secondary N) is 1. The Morgan fingerprint density at radius 3 is 2.62 bits per heavy atom. The number of esters is 1. The van der Waals surface area contributed by atoms with Gasteiger partial charge in [0.05, 0.1) is 17.9 Å². The number of hydrazone groups is 1. The Bertz CT molecular complexity index is 599. The number of amides is 1. The van der Waals surface area contributed by atoms with E-state index in [1.54, 1.807) is 31.2 Å². The van der Waals surface area contributed by atoms with Crippen LogP contribution in [-0.2, 0) is 9.53 Å². The fraction of sp³-hybridized carbons (Fsp3) is 0.231. The van der Waals surface area contributed by atoms with E-state index in [0.717, 1.165) is 0 Å². The molecule has 112 valence electrons. The Morgan fingerprint density at radius 1 is 1.38 bits per heavy atom. The quantitative estimate of drug-likeness (QED) is 0.364. The molecule has 0 aliphatic rings. The Kier molecular flexibility index (Phi) is 6.54. The molecule has 21 heavy (non-hydrogen) atoms. The van der Waals surface area contributed by atoms with Crippen LogP contribution >= 0.6 is 15.9 Å². The molecule has 1 aromatic rings. The van der Waals surface area contributed by atoms with Crippen LogP contribution in [0.4, 0.5) is 0 Å². The molecule has 7 nitrogen and oxygen atoms in total. The molecule has 0 aromatic heterocycles. The van der Waals surface area contributed by atoms with Crippen molar-refractivity contribution in [3.63, 3.8) is 0 Å². The molecule has 0 saturated heterocycles. The monoisotopic (exact) mass is 355 g/mol. The van der Waals surface area contributed by atoms with Crippen molar-refractivity contribution in [3.05, 3.63) is 34.3 Å². The van der Waals surface area contributed by atoms with Crippen LogP contribution in [-0.4, -0.2) is 35.1 Å². The summed E-state index contributed by atoms with van der Waals surface area (Å²) in [7, 11) is 0. The van der Waals surface area contributed by atoms with Crippen LogP contribution in [0.5, 0.6) is 0 Å². The van der Waals surface area contributed by atoms with Gasteiger partial charge in [0.2, 0.25) is 5.71 Å². The first kappa shape index (κ1) is 16.8. The van der Waals surface area contributed by atoms with E-state index in [9.17, 15) is 9.59 Å². The number of nitrogens with zero attached hydrogens (tertiary/aromatic N) is 2. The van der Waals surface area contributed by atoms with Gasteiger partial charge in [-0.05, 0) is 41.9 Å². The standard InChI is InChI=1S/C13H14BrN3O4/c1-3-21-13(19)11(17-20)8(2)15-16-12(18)9-6-4-5-7-10(9)14/h4-7,20H,3H2,1-2H3,(H,16,18). The fourth-order valence-electron chi connectivity index (χ4n) is 1.35. The molecule has 2 N–H and O–H groups in total. The maximum atomic E-state index is 11.9. The second kappa shape index (κ2) is 8.15. The van der Waals surface area contributed by atoms with Crippen LogP contribution < -0.4 is 5.43 Å². The first-order valence-corrected chi connectivity index (χ1v) is 6.79. The molecule has 0 saturated carbocycles. The minimum atomic E-state index is -0.823. The molecular weight excluding hydrogens is 342 g/mol. The van der Waals surface area contributed by atoms with E-state index in [2.05, 4.69) is 31.6 Å². The maximum Gasteiger partial charge on any atom is 0.362 e. The van der Waals surface area contributed by atoms with Gasteiger partial charge in [0.25, 0.3) is 5.91 Å². The molecule has 1 amide bonds. The maximum absolute atomic E-state index is 11.9. The van der Waals surface area contributed by atoms with Crippen LogP contribution in [0.2, 0.25) is 0 Å². The zero-order valence-corrected chi connectivity index (χ0v) is 13.0. The lowest BCUT2D eigenvalue weighted by molar-refractivity contribution is -0.134. The lowest BCUT2D eigenvalue weighted by Gasteiger charge is -2.05. The Labute approximate surface area is 129 Å². The number of carbonyl (C=O) groups is 2. The summed E-state index contributed by atoms with van der Waals surface area (Å²) in [5.74, 6) is -1.29. The van der Waals surface area contributed by atoms with Crippen molar-refractivity contribution in [2.45, 2.75) is 13.8 Å². The normalized spacial score (nSPS) is 12.0. The summed E-state index contributed by atoms with van der Waals surface area (Å²) in [6.45, 7) is 3.16. The number of halogens is 1. The van der Waals surface area contributed by atoms with Gasteiger partial charge in [-0.1, -0.05) is 17.3 Å². The summed E-state index contributed by atoms with van der Waals surface area (Å²) in [6.07, 6.45) is 0. The third-order valence-corrected chi connectivity index (χ3v) is 3.05. The number of carbonyl (C=O) groups excluding carboxylic acids is 2. The van der Waals surface area contributed by atoms with Gasteiger partial charge in [-0.15, -0.1) is 0 Å². The zero-order valence-electron chi connectivity index (χ0n) is 11.5. The van der Waals surface area contributed by atoms with Gasteiger partial charge in [0.15, 0.2) is 0 Å². The van der Waals surface area contributed by atoms with E-state index in [1.165, 1.54) is 6.92 Å². The molecule has 0 unspecified atom stereocenters. The van der Waals surface area contributed by atoms with Crippen LogP contribution in [0, 0.1) is 0 Å². The largest absolute Gasteiger partial charge is 0.461 e. The predicted octanol–water partition coefficient (Wildman–Crippen LogP) is 1.95. The van der Waals surface area contributed by atoms with Crippen LogP contribution in [0.1, 0.15) is 24.2 Å². The molecule has 0 radical (unpaired) electrons. The van der Waals surface area contributed by atoms with Gasteiger partial charge < -0.3 is 9.94 Å². The minimum Gasteiger partial charge on any atom is -0.461 e. The van der Waals surface area contributed by atoms with Crippen molar-refractivity contribution in [2.24, 2.45) is 10.3 Å². The summed E-state index contributed by atoms with van der Waals surface area (Å²) >= 11 is 3.24. The molecule has 0 bridgehead atoms. The molecule has 0 aliphatic heterocycles. The number of rotatable bonds is 5. The first-order valence-electron chi connectivity index (χ1n) is 6.00. The van der Waals surface area contributed by atoms with Crippen LogP contribution in [0.3, 0.4) is 0 Å². The number of benzene rings is 1. The van der Waals surface area contributed by atoms with E-state index >= 15 is 0 Å². The van der Waals surface area contributed by atoms with Crippen molar-refractivity contribution in [3.8, 4) is 0 Å². The third-order valence-electron chi connectivity index (χ3n) is 2.36. The van der Waals surface area contributed by atoms with Gasteiger partial charge in [-0.3, -0.25) is 4.79 Å².